The Morgan fingerprint density at radius 1 is 0.882 bits per heavy atom. The lowest BCUT2D eigenvalue weighted by Crippen LogP contribution is -2.37. The predicted molar refractivity (Wildman–Crippen MR) is 131 cm³/mol. The zero-order valence-corrected chi connectivity index (χ0v) is 20.3. The molecule has 1 heterocycles. The van der Waals surface area contributed by atoms with E-state index in [0.717, 1.165) is 16.7 Å². The van der Waals surface area contributed by atoms with E-state index in [0.29, 0.717) is 0 Å². The molecule has 1 saturated heterocycles. The Morgan fingerprint density at radius 3 is 1.97 bits per heavy atom. The first-order chi connectivity index (χ1) is 16.2. The molecule has 0 radical (unpaired) electrons. The van der Waals surface area contributed by atoms with E-state index in [-0.39, 0.29) is 41.3 Å². The topological polar surface area (TPSA) is 74.8 Å². The summed E-state index contributed by atoms with van der Waals surface area (Å²) in [6.45, 7) is 1.95. The van der Waals surface area contributed by atoms with Crippen LogP contribution in [-0.2, 0) is 14.6 Å². The lowest BCUT2D eigenvalue weighted by molar-refractivity contribution is -0.129. The maximum absolute atomic E-state index is 13.7. The van der Waals surface area contributed by atoms with Crippen LogP contribution in [0, 0.1) is 0 Å². The third-order valence-electron chi connectivity index (χ3n) is 6.55. The third kappa shape index (κ3) is 4.61. The Balaban J connectivity index is 1.70. The zero-order valence-electron chi connectivity index (χ0n) is 19.5. The van der Waals surface area contributed by atoms with Gasteiger partial charge in [0, 0.05) is 25.6 Å². The highest BCUT2D eigenvalue weighted by atomic mass is 32.2. The minimum Gasteiger partial charge on any atom is -0.322 e. The molecule has 0 aromatic heterocycles. The lowest BCUT2D eigenvalue weighted by atomic mass is 9.88. The molecule has 4 rings (SSSR count). The number of amides is 3. The first kappa shape index (κ1) is 23.7. The Labute approximate surface area is 200 Å². The summed E-state index contributed by atoms with van der Waals surface area (Å²) >= 11 is 0. The van der Waals surface area contributed by atoms with Crippen LogP contribution in [0.15, 0.2) is 89.8 Å². The second-order valence-corrected chi connectivity index (χ2v) is 10.8. The van der Waals surface area contributed by atoms with Gasteiger partial charge in [-0.15, -0.1) is 0 Å². The average molecular weight is 477 g/mol. The molecule has 176 valence electrons. The summed E-state index contributed by atoms with van der Waals surface area (Å²) in [7, 11) is -1.61. The van der Waals surface area contributed by atoms with E-state index >= 15 is 0 Å². The summed E-state index contributed by atoms with van der Waals surface area (Å²) in [5.41, 5.74) is 2.65. The van der Waals surface area contributed by atoms with Crippen molar-refractivity contribution in [1.82, 2.24) is 9.80 Å². The van der Waals surface area contributed by atoms with Crippen molar-refractivity contribution in [3.8, 4) is 0 Å². The van der Waals surface area contributed by atoms with Gasteiger partial charge in [0.1, 0.15) is 0 Å². The van der Waals surface area contributed by atoms with Gasteiger partial charge in [-0.3, -0.25) is 9.69 Å². The maximum Gasteiger partial charge on any atom is 0.327 e. The van der Waals surface area contributed by atoms with E-state index in [9.17, 15) is 18.0 Å². The summed E-state index contributed by atoms with van der Waals surface area (Å²) in [4.78, 5) is 30.0. The molecular weight excluding hydrogens is 448 g/mol. The molecular formula is C27H28N2O4S. The molecule has 0 unspecified atom stereocenters. The number of hydrogen-bond acceptors (Lipinski definition) is 4. The first-order valence-electron chi connectivity index (χ1n) is 11.2. The Kier molecular flexibility index (Phi) is 6.57. The molecule has 34 heavy (non-hydrogen) atoms. The molecule has 3 aromatic carbocycles. The summed E-state index contributed by atoms with van der Waals surface area (Å²) in [5.74, 6) is -0.594. The minimum atomic E-state index is -3.33. The molecule has 1 aliphatic heterocycles. The molecule has 0 spiro atoms. The molecule has 6 nitrogen and oxygen atoms in total. The van der Waals surface area contributed by atoms with Gasteiger partial charge in [-0.05, 0) is 35.7 Å². The fourth-order valence-corrected chi connectivity index (χ4v) is 5.19. The molecule has 1 fully saturated rings. The molecule has 3 amide bonds. The number of rotatable bonds is 6. The van der Waals surface area contributed by atoms with Gasteiger partial charge in [0.15, 0.2) is 9.84 Å². The Bertz CT molecular complexity index is 1280. The van der Waals surface area contributed by atoms with Gasteiger partial charge in [-0.1, -0.05) is 72.8 Å². The highest BCUT2D eigenvalue weighted by Crippen LogP contribution is 2.37. The number of likely N-dealkylation sites (N-methyl/N-ethyl adjacent to an activating group) is 1. The van der Waals surface area contributed by atoms with Crippen molar-refractivity contribution in [3.63, 3.8) is 0 Å². The van der Waals surface area contributed by atoms with Crippen LogP contribution in [0.1, 0.15) is 42.0 Å². The molecule has 0 N–H and O–H groups in total. The standard InChI is InChI=1S/C27H28N2O4S/c1-19-26(22-12-8-5-9-13-22)29(27(31)28(19)2)25(30)18-24(20-10-6-4-7-11-20)21-14-16-23(17-15-21)34(3,32)33/h4-17,19,24,26H,18H2,1-3H3/t19-,24-,26-/m0/s1. The van der Waals surface area contributed by atoms with Crippen molar-refractivity contribution in [2.45, 2.75) is 36.2 Å². The number of benzene rings is 3. The van der Waals surface area contributed by atoms with Crippen molar-refractivity contribution in [1.29, 1.82) is 0 Å². The van der Waals surface area contributed by atoms with E-state index in [4.69, 9.17) is 0 Å². The van der Waals surface area contributed by atoms with Crippen molar-refractivity contribution in [2.24, 2.45) is 0 Å². The van der Waals surface area contributed by atoms with Gasteiger partial charge >= 0.3 is 6.03 Å². The predicted octanol–water partition coefficient (Wildman–Crippen LogP) is 4.64. The van der Waals surface area contributed by atoms with Crippen molar-refractivity contribution in [3.05, 3.63) is 102 Å². The monoisotopic (exact) mass is 476 g/mol. The van der Waals surface area contributed by atoms with E-state index in [2.05, 4.69) is 0 Å². The third-order valence-corrected chi connectivity index (χ3v) is 7.68. The van der Waals surface area contributed by atoms with Gasteiger partial charge in [-0.2, -0.15) is 0 Å². The molecule has 0 aliphatic carbocycles. The van der Waals surface area contributed by atoms with E-state index in [1.807, 2.05) is 67.6 Å². The fourth-order valence-electron chi connectivity index (χ4n) is 4.56. The smallest absolute Gasteiger partial charge is 0.322 e. The summed E-state index contributed by atoms with van der Waals surface area (Å²) in [5, 5.41) is 0. The molecule has 3 aromatic rings. The normalized spacial score (nSPS) is 19.3. The highest BCUT2D eigenvalue weighted by Gasteiger charge is 2.45. The first-order valence-corrected chi connectivity index (χ1v) is 13.1. The second-order valence-electron chi connectivity index (χ2n) is 8.76. The van der Waals surface area contributed by atoms with Gasteiger partial charge in [0.25, 0.3) is 0 Å². The van der Waals surface area contributed by atoms with E-state index in [1.54, 1.807) is 36.2 Å². The van der Waals surface area contributed by atoms with Crippen LogP contribution in [0.2, 0.25) is 0 Å². The second kappa shape index (κ2) is 9.43. The highest BCUT2D eigenvalue weighted by molar-refractivity contribution is 7.90. The SMILES string of the molecule is C[C@H]1[C@@H](c2ccccc2)N(C(=O)C[C@@H](c2ccccc2)c2ccc(S(C)(=O)=O)cc2)C(=O)N1C. The zero-order chi connectivity index (χ0) is 24.5. The number of carbonyl (C=O) groups excluding carboxylic acids is 2. The quantitative estimate of drug-likeness (QED) is 0.520. The summed E-state index contributed by atoms with van der Waals surface area (Å²) in [6, 6.07) is 25.0. The number of imide groups is 1. The van der Waals surface area contributed by atoms with Crippen molar-refractivity contribution < 1.29 is 18.0 Å². The summed E-state index contributed by atoms with van der Waals surface area (Å²) < 4.78 is 23.8. The molecule has 7 heteroatoms. The van der Waals surface area contributed by atoms with Crippen LogP contribution >= 0.6 is 0 Å². The largest absolute Gasteiger partial charge is 0.327 e. The van der Waals surface area contributed by atoms with Crippen LogP contribution in [-0.4, -0.2) is 49.5 Å². The van der Waals surface area contributed by atoms with Crippen LogP contribution < -0.4 is 0 Å². The number of carbonyl (C=O) groups is 2. The van der Waals surface area contributed by atoms with Crippen LogP contribution in [0.25, 0.3) is 0 Å². The molecule has 3 atom stereocenters. The fraction of sp³-hybridized carbons (Fsp3) is 0.259. The Morgan fingerprint density at radius 2 is 1.41 bits per heavy atom. The van der Waals surface area contributed by atoms with Gasteiger partial charge < -0.3 is 4.90 Å². The minimum absolute atomic E-state index is 0.0812. The average Bonchev–Trinajstić information content (AvgIpc) is 3.07. The number of hydrogen-bond donors (Lipinski definition) is 0. The van der Waals surface area contributed by atoms with Crippen LogP contribution in [0.5, 0.6) is 0 Å². The van der Waals surface area contributed by atoms with Crippen molar-refractivity contribution in [2.75, 3.05) is 13.3 Å². The number of sulfone groups is 1. The molecule has 1 aliphatic rings. The van der Waals surface area contributed by atoms with Gasteiger partial charge in [-0.25, -0.2) is 13.2 Å². The van der Waals surface area contributed by atoms with Crippen LogP contribution in [0.4, 0.5) is 4.79 Å². The number of urea groups is 1. The van der Waals surface area contributed by atoms with Crippen molar-refractivity contribution >= 4 is 21.8 Å². The lowest BCUT2D eigenvalue weighted by Gasteiger charge is -2.26. The van der Waals surface area contributed by atoms with Gasteiger partial charge in [0.05, 0.1) is 17.0 Å². The van der Waals surface area contributed by atoms with E-state index in [1.165, 1.54) is 11.2 Å². The van der Waals surface area contributed by atoms with E-state index < -0.39 is 9.84 Å². The molecule has 0 bridgehead atoms. The maximum atomic E-state index is 13.7. The van der Waals surface area contributed by atoms with Crippen LogP contribution in [0.3, 0.4) is 0 Å². The summed E-state index contributed by atoms with van der Waals surface area (Å²) in [6.07, 6.45) is 1.25. The number of nitrogens with zero attached hydrogens (tertiary/aromatic N) is 2. The van der Waals surface area contributed by atoms with Gasteiger partial charge in [0.2, 0.25) is 5.91 Å². The Hall–Kier alpha value is -3.45. The molecule has 0 saturated carbocycles.